The predicted molar refractivity (Wildman–Crippen MR) is 43.1 cm³/mol. The van der Waals surface area contributed by atoms with E-state index in [1.165, 1.54) is 6.92 Å². The number of carboxylic acid groups (broad SMARTS) is 1. The van der Waals surface area contributed by atoms with E-state index in [-0.39, 0.29) is 11.3 Å². The van der Waals surface area contributed by atoms with E-state index in [2.05, 4.69) is 10.2 Å². The van der Waals surface area contributed by atoms with E-state index in [1.54, 1.807) is 0 Å². The molecule has 0 aliphatic carbocycles. The molecular formula is C8H7F3N2O2. The lowest BCUT2D eigenvalue weighted by molar-refractivity contribution is -0.141. The Hall–Kier alpha value is -1.66. The molecule has 0 unspecified atom stereocenters. The molecule has 0 atom stereocenters. The van der Waals surface area contributed by atoms with E-state index in [0.29, 0.717) is 0 Å². The minimum absolute atomic E-state index is 0.0375. The molecule has 0 aromatic carbocycles. The fourth-order valence-electron chi connectivity index (χ4n) is 0.967. The van der Waals surface area contributed by atoms with E-state index in [9.17, 15) is 18.0 Å². The van der Waals surface area contributed by atoms with Crippen LogP contribution in [0.5, 0.6) is 0 Å². The summed E-state index contributed by atoms with van der Waals surface area (Å²) < 4.78 is 36.4. The van der Waals surface area contributed by atoms with E-state index in [4.69, 9.17) is 5.11 Å². The van der Waals surface area contributed by atoms with Gasteiger partial charge in [0.25, 0.3) is 0 Å². The van der Waals surface area contributed by atoms with Crippen LogP contribution in [0.1, 0.15) is 17.0 Å². The van der Waals surface area contributed by atoms with Gasteiger partial charge in [0.15, 0.2) is 5.69 Å². The van der Waals surface area contributed by atoms with Gasteiger partial charge in [-0.1, -0.05) is 0 Å². The van der Waals surface area contributed by atoms with E-state index in [1.807, 2.05) is 0 Å². The van der Waals surface area contributed by atoms with Gasteiger partial charge in [0.05, 0.1) is 12.1 Å². The quantitative estimate of drug-likeness (QED) is 0.818. The molecule has 0 spiro atoms. The van der Waals surface area contributed by atoms with Crippen LogP contribution in [-0.4, -0.2) is 21.3 Å². The summed E-state index contributed by atoms with van der Waals surface area (Å²) in [5.74, 6) is -1.16. The lowest BCUT2D eigenvalue weighted by atomic mass is 10.1. The number of aliphatic carboxylic acids is 1. The number of halogens is 3. The van der Waals surface area contributed by atoms with Crippen LogP contribution in [0.4, 0.5) is 13.2 Å². The van der Waals surface area contributed by atoms with Gasteiger partial charge < -0.3 is 5.11 Å². The Morgan fingerprint density at radius 2 is 2.07 bits per heavy atom. The summed E-state index contributed by atoms with van der Waals surface area (Å²) in [6, 6.07) is 0.783. The molecule has 0 bridgehead atoms. The summed E-state index contributed by atoms with van der Waals surface area (Å²) in [5, 5.41) is 14.6. The van der Waals surface area contributed by atoms with Crippen LogP contribution in [0, 0.1) is 6.92 Å². The highest BCUT2D eigenvalue weighted by atomic mass is 19.4. The van der Waals surface area contributed by atoms with Crippen molar-refractivity contribution >= 4 is 5.97 Å². The maximum absolute atomic E-state index is 12.1. The fourth-order valence-corrected chi connectivity index (χ4v) is 0.967. The lowest BCUT2D eigenvalue weighted by Crippen LogP contribution is -2.13. The standard InChI is InChI=1S/C8H7F3N2O2/c1-4-2-6(8(9,10)11)13-12-5(4)3-7(14)15/h2H,3H2,1H3,(H,14,15). The van der Waals surface area contributed by atoms with Gasteiger partial charge in [-0.25, -0.2) is 0 Å². The second kappa shape index (κ2) is 3.84. The molecule has 0 aliphatic rings. The van der Waals surface area contributed by atoms with E-state index in [0.717, 1.165) is 6.07 Å². The van der Waals surface area contributed by atoms with Crippen LogP contribution < -0.4 is 0 Å². The second-order valence-corrected chi connectivity index (χ2v) is 2.93. The summed E-state index contributed by atoms with van der Waals surface area (Å²) >= 11 is 0. The van der Waals surface area contributed by atoms with Crippen molar-refractivity contribution in [1.82, 2.24) is 10.2 Å². The smallest absolute Gasteiger partial charge is 0.435 e. The molecule has 0 saturated carbocycles. The third-order valence-electron chi connectivity index (χ3n) is 1.70. The van der Waals surface area contributed by atoms with Gasteiger partial charge >= 0.3 is 12.1 Å². The Balaban J connectivity index is 3.03. The van der Waals surface area contributed by atoms with E-state index >= 15 is 0 Å². The summed E-state index contributed by atoms with van der Waals surface area (Å²) in [6.07, 6.45) is -4.99. The normalized spacial score (nSPS) is 11.5. The number of hydrogen-bond acceptors (Lipinski definition) is 3. The largest absolute Gasteiger partial charge is 0.481 e. The monoisotopic (exact) mass is 220 g/mol. The molecule has 82 valence electrons. The molecular weight excluding hydrogens is 213 g/mol. The first-order valence-electron chi connectivity index (χ1n) is 3.93. The van der Waals surface area contributed by atoms with Gasteiger partial charge in [0.2, 0.25) is 0 Å². The van der Waals surface area contributed by atoms with Crippen molar-refractivity contribution in [3.63, 3.8) is 0 Å². The summed E-state index contributed by atoms with van der Waals surface area (Å²) in [7, 11) is 0. The first-order valence-corrected chi connectivity index (χ1v) is 3.93. The van der Waals surface area contributed by atoms with Crippen molar-refractivity contribution < 1.29 is 23.1 Å². The molecule has 7 heteroatoms. The van der Waals surface area contributed by atoms with Crippen molar-refractivity contribution in [3.05, 3.63) is 23.0 Å². The van der Waals surface area contributed by atoms with Crippen molar-refractivity contribution in [3.8, 4) is 0 Å². The molecule has 1 N–H and O–H groups in total. The predicted octanol–water partition coefficient (Wildman–Crippen LogP) is 1.43. The average molecular weight is 220 g/mol. The van der Waals surface area contributed by atoms with Gasteiger partial charge in [-0.3, -0.25) is 4.79 Å². The molecule has 0 saturated heterocycles. The Kier molecular flexibility index (Phi) is 2.92. The summed E-state index contributed by atoms with van der Waals surface area (Å²) in [4.78, 5) is 10.3. The third kappa shape index (κ3) is 2.90. The molecule has 0 amide bonds. The zero-order valence-corrected chi connectivity index (χ0v) is 7.67. The van der Waals surface area contributed by atoms with Crippen LogP contribution in [0.15, 0.2) is 6.07 Å². The highest BCUT2D eigenvalue weighted by molar-refractivity contribution is 5.69. The third-order valence-corrected chi connectivity index (χ3v) is 1.70. The number of nitrogens with zero attached hydrogens (tertiary/aromatic N) is 2. The maximum Gasteiger partial charge on any atom is 0.435 e. The number of carbonyl (C=O) groups is 1. The zero-order valence-electron chi connectivity index (χ0n) is 7.67. The van der Waals surface area contributed by atoms with Crippen LogP contribution in [0.25, 0.3) is 0 Å². The second-order valence-electron chi connectivity index (χ2n) is 2.93. The number of hydrogen-bond donors (Lipinski definition) is 1. The first-order chi connectivity index (χ1) is 6.80. The molecule has 1 rings (SSSR count). The Labute approximate surface area is 82.8 Å². The SMILES string of the molecule is Cc1cc(C(F)(F)F)nnc1CC(=O)O. The van der Waals surface area contributed by atoms with Gasteiger partial charge in [-0.2, -0.15) is 18.3 Å². The van der Waals surface area contributed by atoms with Crippen molar-refractivity contribution in [2.45, 2.75) is 19.5 Å². The lowest BCUT2D eigenvalue weighted by Gasteiger charge is -2.07. The first kappa shape index (κ1) is 11.4. The van der Waals surface area contributed by atoms with Crippen LogP contribution in [0.2, 0.25) is 0 Å². The molecule has 1 aromatic rings. The molecule has 15 heavy (non-hydrogen) atoms. The molecule has 0 radical (unpaired) electrons. The number of aromatic nitrogens is 2. The Bertz CT molecular complexity index is 390. The van der Waals surface area contributed by atoms with E-state index < -0.39 is 24.3 Å². The van der Waals surface area contributed by atoms with Crippen molar-refractivity contribution in [1.29, 1.82) is 0 Å². The highest BCUT2D eigenvalue weighted by Gasteiger charge is 2.33. The van der Waals surface area contributed by atoms with Gasteiger partial charge in [-0.15, -0.1) is 5.10 Å². The van der Waals surface area contributed by atoms with Crippen LogP contribution in [0.3, 0.4) is 0 Å². The Morgan fingerprint density at radius 1 is 1.47 bits per heavy atom. The number of aryl methyl sites for hydroxylation is 1. The summed E-state index contributed by atoms with van der Waals surface area (Å²) in [6.45, 7) is 1.36. The number of carboxylic acids is 1. The zero-order chi connectivity index (χ0) is 11.6. The topological polar surface area (TPSA) is 63.1 Å². The minimum atomic E-state index is -4.56. The molecule has 4 nitrogen and oxygen atoms in total. The molecule has 0 fully saturated rings. The minimum Gasteiger partial charge on any atom is -0.481 e. The van der Waals surface area contributed by atoms with Crippen molar-refractivity contribution in [2.75, 3.05) is 0 Å². The molecule has 1 heterocycles. The van der Waals surface area contributed by atoms with Crippen LogP contribution in [-0.2, 0) is 17.4 Å². The van der Waals surface area contributed by atoms with Gasteiger partial charge in [-0.05, 0) is 18.6 Å². The number of rotatable bonds is 2. The number of alkyl halides is 3. The average Bonchev–Trinajstić information content (AvgIpc) is 2.05. The van der Waals surface area contributed by atoms with Gasteiger partial charge in [0, 0.05) is 0 Å². The molecule has 0 aliphatic heterocycles. The highest BCUT2D eigenvalue weighted by Crippen LogP contribution is 2.27. The fraction of sp³-hybridized carbons (Fsp3) is 0.375. The van der Waals surface area contributed by atoms with Crippen LogP contribution >= 0.6 is 0 Å². The van der Waals surface area contributed by atoms with Gasteiger partial charge in [0.1, 0.15) is 0 Å². The summed E-state index contributed by atoms with van der Waals surface area (Å²) in [5.41, 5.74) is -0.913. The Morgan fingerprint density at radius 3 is 2.47 bits per heavy atom. The van der Waals surface area contributed by atoms with Crippen molar-refractivity contribution in [2.24, 2.45) is 0 Å². The molecule has 1 aromatic heterocycles. The maximum atomic E-state index is 12.1.